The molecule has 1 aliphatic rings. The number of methoxy groups -OCH3 is 2. The Bertz CT molecular complexity index is 568. The van der Waals surface area contributed by atoms with Gasteiger partial charge >= 0.3 is 11.8 Å². The molecule has 0 bridgehead atoms. The van der Waals surface area contributed by atoms with E-state index in [1.165, 1.54) is 0 Å². The normalized spacial score (nSPS) is 15.7. The van der Waals surface area contributed by atoms with Crippen LogP contribution in [0, 0.1) is 0 Å². The van der Waals surface area contributed by atoms with Gasteiger partial charge in [0.2, 0.25) is 0 Å². The fourth-order valence-corrected chi connectivity index (χ4v) is 2.70. The van der Waals surface area contributed by atoms with Gasteiger partial charge in [-0.2, -0.15) is 0 Å². The molecule has 1 N–H and O–H groups in total. The minimum atomic E-state index is -0.561. The number of nitrogens with one attached hydrogen (secondary N) is 1. The van der Waals surface area contributed by atoms with Crippen LogP contribution in [-0.4, -0.2) is 44.0 Å². The topological polar surface area (TPSA) is 67.9 Å². The highest BCUT2D eigenvalue weighted by Crippen LogP contribution is 2.29. The Labute approximate surface area is 136 Å². The molecule has 1 saturated heterocycles. The summed E-state index contributed by atoms with van der Waals surface area (Å²) in [6.07, 6.45) is 3.04. The van der Waals surface area contributed by atoms with Gasteiger partial charge < -0.3 is 19.7 Å². The summed E-state index contributed by atoms with van der Waals surface area (Å²) >= 11 is 0. The molecule has 0 spiro atoms. The van der Waals surface area contributed by atoms with Crippen LogP contribution < -0.4 is 14.8 Å². The van der Waals surface area contributed by atoms with E-state index in [1.807, 2.05) is 13.0 Å². The second kappa shape index (κ2) is 7.85. The zero-order valence-electron chi connectivity index (χ0n) is 13.9. The first kappa shape index (κ1) is 17.1. The third kappa shape index (κ3) is 4.15. The van der Waals surface area contributed by atoms with E-state index in [1.54, 1.807) is 31.3 Å². The molecule has 1 atom stereocenters. The van der Waals surface area contributed by atoms with Gasteiger partial charge in [-0.15, -0.1) is 0 Å². The van der Waals surface area contributed by atoms with Crippen molar-refractivity contribution in [3.63, 3.8) is 0 Å². The number of ether oxygens (including phenoxy) is 2. The summed E-state index contributed by atoms with van der Waals surface area (Å²) in [4.78, 5) is 25.9. The van der Waals surface area contributed by atoms with Crippen LogP contribution in [0.25, 0.3) is 0 Å². The van der Waals surface area contributed by atoms with E-state index in [0.717, 1.165) is 24.8 Å². The van der Waals surface area contributed by atoms with Crippen LogP contribution in [0.1, 0.15) is 37.8 Å². The highest BCUT2D eigenvalue weighted by atomic mass is 16.5. The SMILES string of the molecule is COc1ccc(C(C)NC(=O)C(=O)N2CCCCC2)cc1OC. The minimum Gasteiger partial charge on any atom is -0.493 e. The lowest BCUT2D eigenvalue weighted by Gasteiger charge is -2.26. The van der Waals surface area contributed by atoms with E-state index >= 15 is 0 Å². The number of amides is 2. The van der Waals surface area contributed by atoms with E-state index < -0.39 is 11.8 Å². The lowest BCUT2D eigenvalue weighted by atomic mass is 10.1. The van der Waals surface area contributed by atoms with Gasteiger partial charge in [-0.1, -0.05) is 6.07 Å². The predicted octanol–water partition coefficient (Wildman–Crippen LogP) is 1.89. The van der Waals surface area contributed by atoms with Crippen molar-refractivity contribution in [1.82, 2.24) is 10.2 Å². The highest BCUT2D eigenvalue weighted by molar-refractivity contribution is 6.35. The Balaban J connectivity index is 2.01. The number of rotatable bonds is 4. The summed E-state index contributed by atoms with van der Waals surface area (Å²) in [5, 5.41) is 2.76. The molecule has 6 nitrogen and oxygen atoms in total. The molecule has 2 rings (SSSR count). The van der Waals surface area contributed by atoms with Crippen molar-refractivity contribution in [2.24, 2.45) is 0 Å². The molecule has 1 heterocycles. The van der Waals surface area contributed by atoms with Crippen LogP contribution in [-0.2, 0) is 9.59 Å². The van der Waals surface area contributed by atoms with Crippen LogP contribution in [0.3, 0.4) is 0 Å². The van der Waals surface area contributed by atoms with Crippen LogP contribution >= 0.6 is 0 Å². The highest BCUT2D eigenvalue weighted by Gasteiger charge is 2.24. The minimum absolute atomic E-state index is 0.295. The van der Waals surface area contributed by atoms with Gasteiger partial charge in [0.05, 0.1) is 20.3 Å². The van der Waals surface area contributed by atoms with Crippen molar-refractivity contribution in [3.05, 3.63) is 23.8 Å². The smallest absolute Gasteiger partial charge is 0.311 e. The summed E-state index contributed by atoms with van der Waals surface area (Å²) in [6.45, 7) is 3.16. The number of carbonyl (C=O) groups is 2. The summed E-state index contributed by atoms with van der Waals surface area (Å²) in [6, 6.07) is 5.13. The molecular weight excluding hydrogens is 296 g/mol. The standard InChI is InChI=1S/C17H24N2O4/c1-12(13-7-8-14(22-2)15(11-13)23-3)18-16(20)17(21)19-9-5-4-6-10-19/h7-8,11-12H,4-6,9-10H2,1-3H3,(H,18,20). The first-order valence-electron chi connectivity index (χ1n) is 7.88. The summed E-state index contributed by atoms with van der Waals surface area (Å²) in [5.41, 5.74) is 0.849. The fourth-order valence-electron chi connectivity index (χ4n) is 2.70. The number of likely N-dealkylation sites (tertiary alicyclic amines) is 1. The number of carbonyl (C=O) groups excluding carboxylic acids is 2. The third-order valence-electron chi connectivity index (χ3n) is 4.09. The van der Waals surface area contributed by atoms with Crippen LogP contribution in [0.5, 0.6) is 11.5 Å². The first-order chi connectivity index (χ1) is 11.1. The maximum atomic E-state index is 12.2. The molecule has 0 saturated carbocycles. The van der Waals surface area contributed by atoms with Gasteiger partial charge in [0.25, 0.3) is 0 Å². The van der Waals surface area contributed by atoms with Gasteiger partial charge in [0.1, 0.15) is 0 Å². The quantitative estimate of drug-likeness (QED) is 0.860. The van der Waals surface area contributed by atoms with Crippen molar-refractivity contribution in [2.45, 2.75) is 32.2 Å². The second-order valence-electron chi connectivity index (χ2n) is 5.66. The van der Waals surface area contributed by atoms with Crippen LogP contribution in [0.2, 0.25) is 0 Å². The van der Waals surface area contributed by atoms with E-state index in [4.69, 9.17) is 9.47 Å². The molecule has 6 heteroatoms. The lowest BCUT2D eigenvalue weighted by Crippen LogP contribution is -2.45. The molecule has 1 fully saturated rings. The number of benzene rings is 1. The number of hydrogen-bond acceptors (Lipinski definition) is 4. The number of hydrogen-bond donors (Lipinski definition) is 1. The maximum absolute atomic E-state index is 12.2. The maximum Gasteiger partial charge on any atom is 0.311 e. The van der Waals surface area contributed by atoms with Gasteiger partial charge in [0, 0.05) is 13.1 Å². The van der Waals surface area contributed by atoms with E-state index in [9.17, 15) is 9.59 Å². The Morgan fingerprint density at radius 1 is 1.09 bits per heavy atom. The number of nitrogens with zero attached hydrogens (tertiary/aromatic N) is 1. The summed E-state index contributed by atoms with van der Waals surface area (Å²) < 4.78 is 10.5. The molecular formula is C17H24N2O4. The average Bonchev–Trinajstić information content (AvgIpc) is 2.60. The Hall–Kier alpha value is -2.24. The van der Waals surface area contributed by atoms with E-state index in [-0.39, 0.29) is 6.04 Å². The Morgan fingerprint density at radius 2 is 1.74 bits per heavy atom. The molecule has 2 amide bonds. The molecule has 1 aliphatic heterocycles. The third-order valence-corrected chi connectivity index (χ3v) is 4.09. The van der Waals surface area contributed by atoms with Gasteiger partial charge in [-0.05, 0) is 43.9 Å². The van der Waals surface area contributed by atoms with Crippen LogP contribution in [0.15, 0.2) is 18.2 Å². The zero-order chi connectivity index (χ0) is 16.8. The largest absolute Gasteiger partial charge is 0.493 e. The van der Waals surface area contributed by atoms with Crippen molar-refractivity contribution in [1.29, 1.82) is 0 Å². The fraction of sp³-hybridized carbons (Fsp3) is 0.529. The van der Waals surface area contributed by atoms with Crippen molar-refractivity contribution >= 4 is 11.8 Å². The molecule has 1 aromatic carbocycles. The van der Waals surface area contributed by atoms with E-state index in [2.05, 4.69) is 5.32 Å². The molecule has 0 radical (unpaired) electrons. The Kier molecular flexibility index (Phi) is 5.84. The molecule has 23 heavy (non-hydrogen) atoms. The molecule has 0 aliphatic carbocycles. The second-order valence-corrected chi connectivity index (χ2v) is 5.66. The molecule has 0 aromatic heterocycles. The van der Waals surface area contributed by atoms with Gasteiger partial charge in [-0.25, -0.2) is 0 Å². The van der Waals surface area contributed by atoms with Gasteiger partial charge in [-0.3, -0.25) is 9.59 Å². The predicted molar refractivity (Wildman–Crippen MR) is 86.5 cm³/mol. The zero-order valence-corrected chi connectivity index (χ0v) is 13.9. The van der Waals surface area contributed by atoms with Crippen LogP contribution in [0.4, 0.5) is 0 Å². The summed E-state index contributed by atoms with van der Waals surface area (Å²) in [7, 11) is 3.13. The molecule has 1 unspecified atom stereocenters. The van der Waals surface area contributed by atoms with Crippen molar-refractivity contribution < 1.29 is 19.1 Å². The Morgan fingerprint density at radius 3 is 2.35 bits per heavy atom. The van der Waals surface area contributed by atoms with Gasteiger partial charge in [0.15, 0.2) is 11.5 Å². The van der Waals surface area contributed by atoms with E-state index in [0.29, 0.717) is 24.6 Å². The van der Waals surface area contributed by atoms with Crippen molar-refractivity contribution in [2.75, 3.05) is 27.3 Å². The molecule has 126 valence electrons. The molecule has 1 aromatic rings. The van der Waals surface area contributed by atoms with Crippen molar-refractivity contribution in [3.8, 4) is 11.5 Å². The first-order valence-corrected chi connectivity index (χ1v) is 7.88. The monoisotopic (exact) mass is 320 g/mol. The number of piperidine rings is 1. The average molecular weight is 320 g/mol. The summed E-state index contributed by atoms with van der Waals surface area (Å²) in [5.74, 6) is 0.207. The lowest BCUT2D eigenvalue weighted by molar-refractivity contribution is -0.146.